The number of aromatic nitrogens is 3. The van der Waals surface area contributed by atoms with Crippen LogP contribution in [-0.2, 0) is 12.7 Å². The molecular formula is C19H17F4N5O. The van der Waals surface area contributed by atoms with Gasteiger partial charge in [-0.15, -0.1) is 0 Å². The number of nitrogens with one attached hydrogen (secondary N) is 2. The highest BCUT2D eigenvalue weighted by Gasteiger charge is 2.37. The molecule has 0 radical (unpaired) electrons. The van der Waals surface area contributed by atoms with Gasteiger partial charge in [0.1, 0.15) is 17.5 Å². The molecule has 10 heteroatoms. The number of hydrogen-bond acceptors (Lipinski definition) is 6. The summed E-state index contributed by atoms with van der Waals surface area (Å²) in [7, 11) is 0. The Hall–Kier alpha value is -3.01. The average molecular weight is 407 g/mol. The molecular weight excluding hydrogens is 390 g/mol. The van der Waals surface area contributed by atoms with Gasteiger partial charge in [-0.3, -0.25) is 15.0 Å². The van der Waals surface area contributed by atoms with Gasteiger partial charge >= 0.3 is 6.18 Å². The zero-order valence-electron chi connectivity index (χ0n) is 15.1. The molecule has 0 amide bonds. The van der Waals surface area contributed by atoms with Gasteiger partial charge < -0.3 is 15.4 Å². The summed E-state index contributed by atoms with van der Waals surface area (Å²) in [4.78, 5) is 11.8. The van der Waals surface area contributed by atoms with Crippen molar-refractivity contribution in [3.05, 3.63) is 53.9 Å². The lowest BCUT2D eigenvalue weighted by Gasteiger charge is -2.21. The highest BCUT2D eigenvalue weighted by Crippen LogP contribution is 2.40. The van der Waals surface area contributed by atoms with Gasteiger partial charge in [0.25, 0.3) is 0 Å². The number of halogens is 4. The maximum Gasteiger partial charge on any atom is 0.421 e. The van der Waals surface area contributed by atoms with Crippen molar-refractivity contribution >= 4 is 16.7 Å². The SMILES string of the molecule is Fc1cc2nccnc2cc1CNc1cncc(C(F)(F)F)c1O[C@@H]1CCNC1. The minimum atomic E-state index is -4.63. The van der Waals surface area contributed by atoms with Crippen LogP contribution in [0.2, 0.25) is 0 Å². The van der Waals surface area contributed by atoms with E-state index < -0.39 is 17.6 Å². The molecule has 2 N–H and O–H groups in total. The fraction of sp³-hybridized carbons (Fsp3) is 0.316. The van der Waals surface area contributed by atoms with Crippen LogP contribution in [0.1, 0.15) is 17.5 Å². The first-order valence-corrected chi connectivity index (χ1v) is 8.97. The quantitative estimate of drug-likeness (QED) is 0.631. The molecule has 152 valence electrons. The zero-order chi connectivity index (χ0) is 20.4. The maximum atomic E-state index is 14.4. The van der Waals surface area contributed by atoms with Gasteiger partial charge in [-0.2, -0.15) is 13.2 Å². The van der Waals surface area contributed by atoms with Crippen LogP contribution in [0, 0.1) is 5.82 Å². The summed E-state index contributed by atoms with van der Waals surface area (Å²) in [6.45, 7) is 1.06. The van der Waals surface area contributed by atoms with Crippen molar-refractivity contribution in [3.8, 4) is 5.75 Å². The molecule has 1 atom stereocenters. The van der Waals surface area contributed by atoms with Crippen LogP contribution in [-0.4, -0.2) is 34.1 Å². The van der Waals surface area contributed by atoms with Gasteiger partial charge in [0.15, 0.2) is 5.75 Å². The Morgan fingerprint density at radius 2 is 1.90 bits per heavy atom. The molecule has 1 aliphatic heterocycles. The number of rotatable bonds is 5. The summed E-state index contributed by atoms with van der Waals surface area (Å²) in [5.74, 6) is -0.866. The van der Waals surface area contributed by atoms with E-state index in [1.54, 1.807) is 0 Å². The van der Waals surface area contributed by atoms with Crippen molar-refractivity contribution < 1.29 is 22.3 Å². The van der Waals surface area contributed by atoms with E-state index >= 15 is 0 Å². The van der Waals surface area contributed by atoms with Crippen molar-refractivity contribution in [2.75, 3.05) is 18.4 Å². The first-order valence-electron chi connectivity index (χ1n) is 8.97. The number of hydrogen-bond donors (Lipinski definition) is 2. The predicted molar refractivity (Wildman–Crippen MR) is 98.0 cm³/mol. The molecule has 29 heavy (non-hydrogen) atoms. The summed E-state index contributed by atoms with van der Waals surface area (Å²) < 4.78 is 60.4. The lowest BCUT2D eigenvalue weighted by molar-refractivity contribution is -0.139. The molecule has 3 aromatic rings. The monoisotopic (exact) mass is 407 g/mol. The number of pyridine rings is 1. The first-order chi connectivity index (χ1) is 13.9. The highest BCUT2D eigenvalue weighted by molar-refractivity contribution is 5.74. The average Bonchev–Trinajstić information content (AvgIpc) is 3.19. The predicted octanol–water partition coefficient (Wildman–Crippen LogP) is 3.54. The number of fused-ring (bicyclic) bond motifs is 1. The molecule has 1 aliphatic rings. The maximum absolute atomic E-state index is 14.4. The van der Waals surface area contributed by atoms with E-state index in [1.165, 1.54) is 30.7 Å². The molecule has 1 aromatic carbocycles. The second-order valence-electron chi connectivity index (χ2n) is 6.64. The Morgan fingerprint density at radius 1 is 1.14 bits per heavy atom. The second-order valence-corrected chi connectivity index (χ2v) is 6.64. The topological polar surface area (TPSA) is 72.0 Å². The third-order valence-corrected chi connectivity index (χ3v) is 4.61. The summed E-state index contributed by atoms with van der Waals surface area (Å²) in [6.07, 6.45) is 0.491. The first kappa shape index (κ1) is 19.3. The fourth-order valence-corrected chi connectivity index (χ4v) is 3.15. The Balaban J connectivity index is 1.63. The molecule has 0 unspecified atom stereocenters. The summed E-state index contributed by atoms with van der Waals surface area (Å²) in [6, 6.07) is 2.75. The molecule has 1 saturated heterocycles. The van der Waals surface area contributed by atoms with Crippen LogP contribution in [0.3, 0.4) is 0 Å². The summed E-state index contributed by atoms with van der Waals surface area (Å²) >= 11 is 0. The second kappa shape index (κ2) is 7.78. The Kier molecular flexibility index (Phi) is 5.18. The number of nitrogens with zero attached hydrogens (tertiary/aromatic N) is 3. The van der Waals surface area contributed by atoms with E-state index in [0.29, 0.717) is 30.5 Å². The summed E-state index contributed by atoms with van der Waals surface area (Å²) in [5.41, 5.74) is 0.196. The minimum absolute atomic E-state index is 0.0466. The van der Waals surface area contributed by atoms with Crippen molar-refractivity contribution in [2.45, 2.75) is 25.2 Å². The number of alkyl halides is 3. The Labute approximate surface area is 163 Å². The molecule has 0 spiro atoms. The van der Waals surface area contributed by atoms with Crippen molar-refractivity contribution in [1.29, 1.82) is 0 Å². The molecule has 0 aliphatic carbocycles. The van der Waals surface area contributed by atoms with Crippen LogP contribution in [0.15, 0.2) is 36.9 Å². The molecule has 1 fully saturated rings. The van der Waals surface area contributed by atoms with Gasteiger partial charge in [-0.1, -0.05) is 0 Å². The molecule has 0 bridgehead atoms. The van der Waals surface area contributed by atoms with E-state index in [4.69, 9.17) is 4.74 Å². The lowest BCUT2D eigenvalue weighted by Crippen LogP contribution is -2.22. The Bertz CT molecular complexity index is 1020. The molecule has 4 rings (SSSR count). The van der Waals surface area contributed by atoms with Crippen molar-refractivity contribution in [2.24, 2.45) is 0 Å². The summed E-state index contributed by atoms with van der Waals surface area (Å²) in [5, 5.41) is 5.87. The third kappa shape index (κ3) is 4.21. The van der Waals surface area contributed by atoms with E-state index in [0.717, 1.165) is 6.20 Å². The van der Waals surface area contributed by atoms with Gasteiger partial charge in [-0.25, -0.2) is 4.39 Å². The third-order valence-electron chi connectivity index (χ3n) is 4.61. The normalized spacial score (nSPS) is 16.9. The zero-order valence-corrected chi connectivity index (χ0v) is 15.1. The van der Waals surface area contributed by atoms with Gasteiger partial charge in [0.05, 0.1) is 22.9 Å². The van der Waals surface area contributed by atoms with E-state index in [9.17, 15) is 17.6 Å². The van der Waals surface area contributed by atoms with Crippen LogP contribution >= 0.6 is 0 Å². The number of ether oxygens (including phenoxy) is 1. The fourth-order valence-electron chi connectivity index (χ4n) is 3.15. The molecule has 6 nitrogen and oxygen atoms in total. The molecule has 2 aromatic heterocycles. The van der Waals surface area contributed by atoms with Crippen LogP contribution in [0.25, 0.3) is 11.0 Å². The minimum Gasteiger partial charge on any atom is -0.486 e. The lowest BCUT2D eigenvalue weighted by atomic mass is 10.1. The van der Waals surface area contributed by atoms with E-state index in [1.807, 2.05) is 0 Å². The van der Waals surface area contributed by atoms with Crippen LogP contribution in [0.4, 0.5) is 23.2 Å². The van der Waals surface area contributed by atoms with Crippen molar-refractivity contribution in [3.63, 3.8) is 0 Å². The van der Waals surface area contributed by atoms with Gasteiger partial charge in [-0.05, 0) is 19.0 Å². The van der Waals surface area contributed by atoms with E-state index in [2.05, 4.69) is 25.6 Å². The van der Waals surface area contributed by atoms with Gasteiger partial charge in [0.2, 0.25) is 0 Å². The van der Waals surface area contributed by atoms with Crippen LogP contribution in [0.5, 0.6) is 5.75 Å². The number of anilines is 1. The smallest absolute Gasteiger partial charge is 0.421 e. The standard InChI is InChI=1S/C19H17F4N5O/c20-14-6-16-15(26-3-4-27-16)5-11(14)7-28-17-10-25-9-13(19(21,22)23)18(17)29-12-1-2-24-8-12/h3-6,9-10,12,24,28H,1-2,7-8H2/t12-/m1/s1. The van der Waals surface area contributed by atoms with E-state index in [-0.39, 0.29) is 29.6 Å². The van der Waals surface area contributed by atoms with Crippen LogP contribution < -0.4 is 15.4 Å². The number of benzene rings is 1. The van der Waals surface area contributed by atoms with Gasteiger partial charge in [0, 0.05) is 43.3 Å². The van der Waals surface area contributed by atoms with Crippen molar-refractivity contribution in [1.82, 2.24) is 20.3 Å². The highest BCUT2D eigenvalue weighted by atomic mass is 19.4. The largest absolute Gasteiger partial charge is 0.486 e. The molecule has 0 saturated carbocycles. The Morgan fingerprint density at radius 3 is 2.59 bits per heavy atom. The molecule has 3 heterocycles.